The van der Waals surface area contributed by atoms with Crippen molar-refractivity contribution >= 4 is 11.8 Å². The zero-order chi connectivity index (χ0) is 14.2. The van der Waals surface area contributed by atoms with Crippen LogP contribution in [-0.2, 0) is 6.42 Å². The van der Waals surface area contributed by atoms with Crippen LogP contribution in [0, 0.1) is 0 Å². The van der Waals surface area contributed by atoms with Gasteiger partial charge in [0, 0.05) is 18.8 Å². The number of nitrogens with zero attached hydrogens (tertiary/aromatic N) is 2. The van der Waals surface area contributed by atoms with Crippen molar-refractivity contribution in [2.45, 2.75) is 32.7 Å². The molecule has 2 N–H and O–H groups in total. The van der Waals surface area contributed by atoms with E-state index in [9.17, 15) is 0 Å². The molecule has 1 aromatic heterocycles. The number of anilines is 2. The molecule has 0 aliphatic carbocycles. The van der Waals surface area contributed by atoms with E-state index in [2.05, 4.69) is 58.7 Å². The first kappa shape index (κ1) is 14.3. The molecule has 106 valence electrons. The minimum atomic E-state index is 0.336. The van der Waals surface area contributed by atoms with Gasteiger partial charge in [-0.05, 0) is 38.3 Å². The SMILES string of the molecule is CC(C)Nc1nccc(NCCCc2ccccc2)n1. The second kappa shape index (κ2) is 7.48. The molecule has 0 aliphatic heterocycles. The van der Waals surface area contributed by atoms with Crippen LogP contribution in [0.15, 0.2) is 42.6 Å². The Morgan fingerprint density at radius 1 is 1.10 bits per heavy atom. The van der Waals surface area contributed by atoms with Crippen LogP contribution < -0.4 is 10.6 Å². The van der Waals surface area contributed by atoms with Gasteiger partial charge in [-0.1, -0.05) is 30.3 Å². The van der Waals surface area contributed by atoms with E-state index >= 15 is 0 Å². The Bertz CT molecular complexity index is 511. The summed E-state index contributed by atoms with van der Waals surface area (Å²) < 4.78 is 0. The lowest BCUT2D eigenvalue weighted by Gasteiger charge is -2.10. The Labute approximate surface area is 120 Å². The van der Waals surface area contributed by atoms with Crippen molar-refractivity contribution in [3.05, 3.63) is 48.2 Å². The molecule has 1 aromatic carbocycles. The van der Waals surface area contributed by atoms with Crippen LogP contribution in [0.2, 0.25) is 0 Å². The van der Waals surface area contributed by atoms with Gasteiger partial charge < -0.3 is 10.6 Å². The topological polar surface area (TPSA) is 49.8 Å². The van der Waals surface area contributed by atoms with Gasteiger partial charge in [-0.2, -0.15) is 4.98 Å². The van der Waals surface area contributed by atoms with E-state index in [0.717, 1.165) is 25.2 Å². The minimum Gasteiger partial charge on any atom is -0.370 e. The van der Waals surface area contributed by atoms with E-state index in [-0.39, 0.29) is 0 Å². The summed E-state index contributed by atoms with van der Waals surface area (Å²) in [6.07, 6.45) is 3.94. The molecule has 0 unspecified atom stereocenters. The van der Waals surface area contributed by atoms with E-state index in [1.54, 1.807) is 6.20 Å². The second-order valence-electron chi connectivity index (χ2n) is 5.08. The molecular weight excluding hydrogens is 248 g/mol. The van der Waals surface area contributed by atoms with Gasteiger partial charge in [0.05, 0.1) is 0 Å². The molecule has 20 heavy (non-hydrogen) atoms. The molecule has 0 amide bonds. The van der Waals surface area contributed by atoms with Crippen molar-refractivity contribution in [2.75, 3.05) is 17.2 Å². The van der Waals surface area contributed by atoms with Crippen LogP contribution >= 0.6 is 0 Å². The highest BCUT2D eigenvalue weighted by Crippen LogP contribution is 2.08. The van der Waals surface area contributed by atoms with Crippen LogP contribution in [0.5, 0.6) is 0 Å². The zero-order valence-corrected chi connectivity index (χ0v) is 12.1. The van der Waals surface area contributed by atoms with Gasteiger partial charge in [0.2, 0.25) is 5.95 Å². The first-order chi connectivity index (χ1) is 9.74. The monoisotopic (exact) mass is 270 g/mol. The van der Waals surface area contributed by atoms with Crippen molar-refractivity contribution in [1.29, 1.82) is 0 Å². The summed E-state index contributed by atoms with van der Waals surface area (Å²) in [6, 6.07) is 12.8. The summed E-state index contributed by atoms with van der Waals surface area (Å²) in [6.45, 7) is 5.06. The molecule has 4 nitrogen and oxygen atoms in total. The van der Waals surface area contributed by atoms with Crippen molar-refractivity contribution in [2.24, 2.45) is 0 Å². The normalized spacial score (nSPS) is 10.6. The number of nitrogens with one attached hydrogen (secondary N) is 2. The number of rotatable bonds is 7. The van der Waals surface area contributed by atoms with Gasteiger partial charge in [-0.15, -0.1) is 0 Å². The number of hydrogen-bond acceptors (Lipinski definition) is 4. The molecule has 0 fully saturated rings. The number of benzene rings is 1. The molecule has 2 rings (SSSR count). The third-order valence-corrected chi connectivity index (χ3v) is 2.86. The van der Waals surface area contributed by atoms with Crippen LogP contribution in [0.3, 0.4) is 0 Å². The fraction of sp³-hybridized carbons (Fsp3) is 0.375. The Hall–Kier alpha value is -2.10. The molecule has 0 bridgehead atoms. The molecule has 2 aromatic rings. The molecule has 0 atom stereocenters. The van der Waals surface area contributed by atoms with E-state index in [1.807, 2.05) is 12.1 Å². The number of aryl methyl sites for hydroxylation is 1. The lowest BCUT2D eigenvalue weighted by atomic mass is 10.1. The summed E-state index contributed by atoms with van der Waals surface area (Å²) in [4.78, 5) is 8.62. The van der Waals surface area contributed by atoms with Crippen LogP contribution in [0.25, 0.3) is 0 Å². The average Bonchev–Trinajstić information content (AvgIpc) is 2.44. The first-order valence-electron chi connectivity index (χ1n) is 7.11. The summed E-state index contributed by atoms with van der Waals surface area (Å²) >= 11 is 0. The maximum absolute atomic E-state index is 4.42. The molecule has 1 heterocycles. The van der Waals surface area contributed by atoms with Crippen LogP contribution in [0.4, 0.5) is 11.8 Å². The van der Waals surface area contributed by atoms with E-state index in [1.165, 1.54) is 5.56 Å². The Morgan fingerprint density at radius 2 is 1.90 bits per heavy atom. The fourth-order valence-electron chi connectivity index (χ4n) is 1.94. The first-order valence-corrected chi connectivity index (χ1v) is 7.11. The quantitative estimate of drug-likeness (QED) is 0.758. The summed E-state index contributed by atoms with van der Waals surface area (Å²) in [7, 11) is 0. The van der Waals surface area contributed by atoms with E-state index < -0.39 is 0 Å². The lowest BCUT2D eigenvalue weighted by molar-refractivity contribution is 0.852. The lowest BCUT2D eigenvalue weighted by Crippen LogP contribution is -2.13. The van der Waals surface area contributed by atoms with Gasteiger partial charge in [-0.3, -0.25) is 0 Å². The average molecular weight is 270 g/mol. The standard InChI is InChI=1S/C16H22N4/c1-13(2)19-16-18-12-10-15(20-16)17-11-6-9-14-7-4-3-5-8-14/h3-5,7-8,10,12-13H,6,9,11H2,1-2H3,(H2,17,18,19,20). The van der Waals surface area contributed by atoms with Gasteiger partial charge in [0.15, 0.2) is 0 Å². The van der Waals surface area contributed by atoms with Crippen molar-refractivity contribution in [1.82, 2.24) is 9.97 Å². The smallest absolute Gasteiger partial charge is 0.224 e. The van der Waals surface area contributed by atoms with Crippen molar-refractivity contribution in [3.8, 4) is 0 Å². The molecule has 4 heteroatoms. The molecule has 0 saturated heterocycles. The fourth-order valence-corrected chi connectivity index (χ4v) is 1.94. The van der Waals surface area contributed by atoms with Crippen LogP contribution in [0.1, 0.15) is 25.8 Å². The predicted octanol–water partition coefficient (Wildman–Crippen LogP) is 3.34. The highest BCUT2D eigenvalue weighted by Gasteiger charge is 2.00. The zero-order valence-electron chi connectivity index (χ0n) is 12.1. The highest BCUT2D eigenvalue weighted by molar-refractivity contribution is 5.39. The highest BCUT2D eigenvalue weighted by atomic mass is 15.1. The summed E-state index contributed by atoms with van der Waals surface area (Å²) in [5.41, 5.74) is 1.37. The maximum atomic E-state index is 4.42. The van der Waals surface area contributed by atoms with Crippen LogP contribution in [-0.4, -0.2) is 22.6 Å². The van der Waals surface area contributed by atoms with E-state index in [0.29, 0.717) is 12.0 Å². The minimum absolute atomic E-state index is 0.336. The third-order valence-electron chi connectivity index (χ3n) is 2.86. The Balaban J connectivity index is 1.76. The molecule has 0 spiro atoms. The van der Waals surface area contributed by atoms with Crippen molar-refractivity contribution in [3.63, 3.8) is 0 Å². The second-order valence-corrected chi connectivity index (χ2v) is 5.08. The molecule has 0 radical (unpaired) electrons. The Morgan fingerprint density at radius 3 is 2.65 bits per heavy atom. The largest absolute Gasteiger partial charge is 0.370 e. The number of aromatic nitrogens is 2. The van der Waals surface area contributed by atoms with Gasteiger partial charge in [-0.25, -0.2) is 4.98 Å². The van der Waals surface area contributed by atoms with Gasteiger partial charge in [0.1, 0.15) is 5.82 Å². The summed E-state index contributed by atoms with van der Waals surface area (Å²) in [5, 5.41) is 6.54. The summed E-state index contributed by atoms with van der Waals surface area (Å²) in [5.74, 6) is 1.55. The molecule has 0 saturated carbocycles. The predicted molar refractivity (Wildman–Crippen MR) is 84.0 cm³/mol. The van der Waals surface area contributed by atoms with Crippen molar-refractivity contribution < 1.29 is 0 Å². The van der Waals surface area contributed by atoms with Gasteiger partial charge >= 0.3 is 0 Å². The number of hydrogen-bond donors (Lipinski definition) is 2. The Kier molecular flexibility index (Phi) is 5.35. The molecule has 0 aliphatic rings. The maximum Gasteiger partial charge on any atom is 0.224 e. The van der Waals surface area contributed by atoms with Gasteiger partial charge in [0.25, 0.3) is 0 Å². The third kappa shape index (κ3) is 4.88. The molecular formula is C16H22N4. The van der Waals surface area contributed by atoms with E-state index in [4.69, 9.17) is 0 Å².